The van der Waals surface area contributed by atoms with Crippen LogP contribution in [0.2, 0.25) is 0 Å². The third-order valence-electron chi connectivity index (χ3n) is 0.892. The molecule has 0 aromatic rings. The van der Waals surface area contributed by atoms with Crippen LogP contribution in [0.3, 0.4) is 0 Å². The van der Waals surface area contributed by atoms with Crippen molar-refractivity contribution in [3.05, 3.63) is 11.4 Å². The number of hydrogen-bond acceptors (Lipinski definition) is 2. The van der Waals surface area contributed by atoms with E-state index in [2.05, 4.69) is 18.7 Å². The van der Waals surface area contributed by atoms with Gasteiger partial charge >= 0.3 is 0 Å². The molecular formula is C6H11NS2. The molecule has 0 aromatic heterocycles. The maximum absolute atomic E-state index is 6.78. The summed E-state index contributed by atoms with van der Waals surface area (Å²) in [6, 6.07) is 0. The second-order valence-corrected chi connectivity index (χ2v) is 4.61. The molecular weight excluding hydrogens is 150 g/mol. The van der Waals surface area contributed by atoms with Gasteiger partial charge in [-0.3, -0.25) is 0 Å². The Bertz CT molecular complexity index is 106. The fourth-order valence-corrected chi connectivity index (χ4v) is 2.23. The number of nitrogens with zero attached hydrogens (tertiary/aromatic N) is 1. The Kier molecular flexibility index (Phi) is 5.12. The molecule has 0 saturated carbocycles. The maximum atomic E-state index is 6.78. The molecule has 0 heterocycles. The Balaban J connectivity index is 3.58. The molecule has 0 aromatic carbocycles. The second kappa shape index (κ2) is 5.01. The van der Waals surface area contributed by atoms with Crippen molar-refractivity contribution >= 4 is 21.6 Å². The predicted octanol–water partition coefficient (Wildman–Crippen LogP) is 2.90. The Hall–Kier alpha value is 0.190. The van der Waals surface area contributed by atoms with Gasteiger partial charge in [0.25, 0.3) is 5.37 Å². The Morgan fingerprint density at radius 1 is 1.44 bits per heavy atom. The summed E-state index contributed by atoms with van der Waals surface area (Å²) >= 11 is 0. The topological polar surface area (TPSA) is 4.36 Å². The van der Waals surface area contributed by atoms with E-state index in [0.29, 0.717) is 5.92 Å². The summed E-state index contributed by atoms with van der Waals surface area (Å²) < 4.78 is 0. The van der Waals surface area contributed by atoms with Gasteiger partial charge in [0.05, 0.1) is 0 Å². The molecule has 52 valence electrons. The Morgan fingerprint density at radius 2 is 2.00 bits per heavy atom. The van der Waals surface area contributed by atoms with E-state index in [1.54, 1.807) is 21.6 Å². The first-order valence-electron chi connectivity index (χ1n) is 2.78. The zero-order valence-electron chi connectivity index (χ0n) is 5.92. The molecule has 0 spiro atoms. The van der Waals surface area contributed by atoms with E-state index in [-0.39, 0.29) is 5.37 Å². The summed E-state index contributed by atoms with van der Waals surface area (Å²) in [6.07, 6.45) is 2.01. The van der Waals surface area contributed by atoms with Gasteiger partial charge in [-0.1, -0.05) is 24.6 Å². The molecule has 3 heteroatoms. The van der Waals surface area contributed by atoms with Crippen LogP contribution < -0.4 is 0 Å². The van der Waals surface area contributed by atoms with Gasteiger partial charge in [0.2, 0.25) is 0 Å². The van der Waals surface area contributed by atoms with Crippen molar-refractivity contribution in [3.63, 3.8) is 0 Å². The van der Waals surface area contributed by atoms with Crippen molar-refractivity contribution < 1.29 is 0 Å². The van der Waals surface area contributed by atoms with Gasteiger partial charge in [-0.2, -0.15) is 0 Å². The summed E-state index contributed by atoms with van der Waals surface area (Å²) in [5.74, 6) is 0.472. The third-order valence-corrected chi connectivity index (χ3v) is 3.10. The highest BCUT2D eigenvalue weighted by Crippen LogP contribution is 2.29. The van der Waals surface area contributed by atoms with Crippen LogP contribution in [0.15, 0.2) is 0 Å². The van der Waals surface area contributed by atoms with Gasteiger partial charge in [0.1, 0.15) is 0 Å². The minimum absolute atomic E-state index is 0.139. The van der Waals surface area contributed by atoms with Crippen LogP contribution in [-0.2, 0) is 0 Å². The molecule has 0 saturated heterocycles. The van der Waals surface area contributed by atoms with Gasteiger partial charge in [-0.15, -0.1) is 0 Å². The summed E-state index contributed by atoms with van der Waals surface area (Å²) in [6.45, 7) is 10.9. The fraction of sp³-hybridized carbons (Fsp3) is 0.833. The van der Waals surface area contributed by atoms with Crippen LogP contribution >= 0.6 is 21.6 Å². The highest BCUT2D eigenvalue weighted by molar-refractivity contribution is 8.76. The molecule has 0 aliphatic carbocycles. The van der Waals surface area contributed by atoms with Crippen LogP contribution in [0.1, 0.15) is 13.8 Å². The van der Waals surface area contributed by atoms with Crippen molar-refractivity contribution in [2.24, 2.45) is 5.92 Å². The molecule has 0 rings (SSSR count). The lowest BCUT2D eigenvalue weighted by Gasteiger charge is -2.04. The molecule has 0 bridgehead atoms. The smallest absolute Gasteiger partial charge is 0.280 e. The van der Waals surface area contributed by atoms with Crippen molar-refractivity contribution in [1.29, 1.82) is 0 Å². The van der Waals surface area contributed by atoms with Gasteiger partial charge in [0.15, 0.2) is 0 Å². The summed E-state index contributed by atoms with van der Waals surface area (Å²) in [5, 5.41) is 0.139. The van der Waals surface area contributed by atoms with Crippen molar-refractivity contribution in [2.75, 3.05) is 6.26 Å². The summed E-state index contributed by atoms with van der Waals surface area (Å²) in [5.41, 5.74) is 0. The SMILES string of the molecule is [C-]#[N+][C@@H](SSC)C(C)C. The zero-order valence-corrected chi connectivity index (χ0v) is 7.55. The molecule has 0 aliphatic rings. The molecule has 0 N–H and O–H groups in total. The monoisotopic (exact) mass is 161 g/mol. The molecule has 0 amide bonds. The molecule has 9 heavy (non-hydrogen) atoms. The van der Waals surface area contributed by atoms with E-state index in [1.807, 2.05) is 6.26 Å². The molecule has 0 radical (unpaired) electrons. The molecule has 0 unspecified atom stereocenters. The first-order chi connectivity index (χ1) is 4.22. The lowest BCUT2D eigenvalue weighted by molar-refractivity contribution is 0.678. The average molecular weight is 161 g/mol. The molecule has 1 atom stereocenters. The third kappa shape index (κ3) is 3.72. The Morgan fingerprint density at radius 3 is 2.11 bits per heavy atom. The molecule has 0 aliphatic heterocycles. The number of rotatable bonds is 3. The maximum Gasteiger partial charge on any atom is 0.280 e. The van der Waals surface area contributed by atoms with E-state index in [0.717, 1.165) is 0 Å². The normalized spacial score (nSPS) is 13.2. The highest BCUT2D eigenvalue weighted by atomic mass is 33.1. The zero-order chi connectivity index (χ0) is 7.28. The summed E-state index contributed by atoms with van der Waals surface area (Å²) in [4.78, 5) is 3.47. The predicted molar refractivity (Wildman–Crippen MR) is 46.3 cm³/mol. The first kappa shape index (κ1) is 9.19. The minimum atomic E-state index is 0.139. The van der Waals surface area contributed by atoms with Gasteiger partial charge in [0, 0.05) is 5.92 Å². The van der Waals surface area contributed by atoms with Crippen LogP contribution in [0, 0.1) is 12.5 Å². The van der Waals surface area contributed by atoms with Gasteiger partial charge in [-0.25, -0.2) is 6.57 Å². The average Bonchev–Trinajstić information content (AvgIpc) is 1.82. The van der Waals surface area contributed by atoms with E-state index in [9.17, 15) is 0 Å². The van der Waals surface area contributed by atoms with Crippen LogP contribution in [-0.4, -0.2) is 11.6 Å². The highest BCUT2D eigenvalue weighted by Gasteiger charge is 2.16. The van der Waals surface area contributed by atoms with Gasteiger partial charge in [-0.05, 0) is 17.0 Å². The van der Waals surface area contributed by atoms with Crippen LogP contribution in [0.25, 0.3) is 4.85 Å². The largest absolute Gasteiger partial charge is 0.301 e. The summed E-state index contributed by atoms with van der Waals surface area (Å²) in [7, 11) is 3.31. The minimum Gasteiger partial charge on any atom is -0.301 e. The first-order valence-corrected chi connectivity index (χ1v) is 5.40. The lowest BCUT2D eigenvalue weighted by Crippen LogP contribution is -2.03. The molecule has 0 fully saturated rings. The fourth-order valence-electron chi connectivity index (χ4n) is 0.380. The van der Waals surface area contributed by atoms with E-state index in [1.165, 1.54) is 0 Å². The van der Waals surface area contributed by atoms with E-state index < -0.39 is 0 Å². The lowest BCUT2D eigenvalue weighted by atomic mass is 10.2. The second-order valence-electron chi connectivity index (χ2n) is 2.03. The van der Waals surface area contributed by atoms with Crippen LogP contribution in [0.4, 0.5) is 0 Å². The Labute approximate surface area is 64.8 Å². The quantitative estimate of drug-likeness (QED) is 0.463. The van der Waals surface area contributed by atoms with Gasteiger partial charge < -0.3 is 4.85 Å². The number of hydrogen-bond donors (Lipinski definition) is 0. The van der Waals surface area contributed by atoms with Crippen molar-refractivity contribution in [1.82, 2.24) is 0 Å². The molecule has 1 nitrogen and oxygen atoms in total. The van der Waals surface area contributed by atoms with Crippen LogP contribution in [0.5, 0.6) is 0 Å². The van der Waals surface area contributed by atoms with Crippen molar-refractivity contribution in [3.8, 4) is 0 Å². The van der Waals surface area contributed by atoms with E-state index in [4.69, 9.17) is 6.57 Å². The standard InChI is InChI=1S/C6H11NS2/c1-5(2)6(7-3)9-8-4/h5-6H,1-2,4H3/t6-/m0/s1. The van der Waals surface area contributed by atoms with E-state index >= 15 is 0 Å². The van der Waals surface area contributed by atoms with Crippen molar-refractivity contribution in [2.45, 2.75) is 19.2 Å².